The van der Waals surface area contributed by atoms with Gasteiger partial charge in [0.15, 0.2) is 0 Å². The van der Waals surface area contributed by atoms with E-state index in [0.717, 1.165) is 5.56 Å². The molecule has 1 aromatic heterocycles. The number of benzene rings is 1. The molecule has 0 bridgehead atoms. The van der Waals surface area contributed by atoms with E-state index in [2.05, 4.69) is 10.4 Å². The Morgan fingerprint density at radius 2 is 2.00 bits per heavy atom. The second-order valence-electron chi connectivity index (χ2n) is 4.72. The number of carbonyl (C=O) groups is 1. The number of nitrogens with one attached hydrogen (secondary N) is 1. The van der Waals surface area contributed by atoms with Gasteiger partial charge in [-0.2, -0.15) is 5.10 Å². The van der Waals surface area contributed by atoms with Crippen molar-refractivity contribution in [1.82, 2.24) is 15.1 Å². The molecule has 2 aromatic rings. The molecule has 0 spiro atoms. The summed E-state index contributed by atoms with van der Waals surface area (Å²) in [6.07, 6.45) is 0. The van der Waals surface area contributed by atoms with Crippen LogP contribution in [0.15, 0.2) is 24.3 Å². The van der Waals surface area contributed by atoms with Gasteiger partial charge in [-0.25, -0.2) is 0 Å². The Hall–Kier alpha value is -2.01. The van der Waals surface area contributed by atoms with E-state index in [1.165, 1.54) is 4.68 Å². The van der Waals surface area contributed by atoms with Crippen LogP contribution in [0.2, 0.25) is 5.02 Å². The van der Waals surface area contributed by atoms with Gasteiger partial charge < -0.3 is 11.1 Å². The van der Waals surface area contributed by atoms with Crippen molar-refractivity contribution < 1.29 is 4.79 Å². The van der Waals surface area contributed by atoms with Gasteiger partial charge in [-0.3, -0.25) is 9.48 Å². The summed E-state index contributed by atoms with van der Waals surface area (Å²) in [6, 6.07) is 7.20. The molecule has 0 saturated carbocycles. The minimum Gasteiger partial charge on any atom is -0.395 e. The predicted molar refractivity (Wildman–Crippen MR) is 79.7 cm³/mol. The van der Waals surface area contributed by atoms with Gasteiger partial charge in [0.25, 0.3) is 5.91 Å². The molecule has 0 saturated heterocycles. The van der Waals surface area contributed by atoms with Crippen LogP contribution in [0.4, 0.5) is 5.69 Å². The van der Waals surface area contributed by atoms with Crippen LogP contribution < -0.4 is 11.1 Å². The van der Waals surface area contributed by atoms with Crippen LogP contribution in [0, 0.1) is 6.92 Å². The molecular weight excluding hydrogens is 276 g/mol. The van der Waals surface area contributed by atoms with Crippen molar-refractivity contribution in [3.05, 3.63) is 46.2 Å². The monoisotopic (exact) mass is 292 g/mol. The third kappa shape index (κ3) is 2.77. The SMILES string of the molecule is Cc1nn(C)c(C(=O)NC(C)c2ccc(Cl)cc2)c1N. The van der Waals surface area contributed by atoms with Gasteiger partial charge in [-0.05, 0) is 31.5 Å². The van der Waals surface area contributed by atoms with Gasteiger partial charge >= 0.3 is 0 Å². The van der Waals surface area contributed by atoms with Gasteiger partial charge in [0.2, 0.25) is 0 Å². The summed E-state index contributed by atoms with van der Waals surface area (Å²) >= 11 is 5.85. The topological polar surface area (TPSA) is 72.9 Å². The summed E-state index contributed by atoms with van der Waals surface area (Å²) in [5.41, 5.74) is 8.29. The first-order chi connectivity index (χ1) is 9.40. The van der Waals surface area contributed by atoms with Crippen molar-refractivity contribution in [3.8, 4) is 0 Å². The van der Waals surface area contributed by atoms with Crippen LogP contribution in [-0.4, -0.2) is 15.7 Å². The molecule has 20 heavy (non-hydrogen) atoms. The molecule has 6 heteroatoms. The Bertz CT molecular complexity index is 633. The summed E-state index contributed by atoms with van der Waals surface area (Å²) in [6.45, 7) is 3.68. The summed E-state index contributed by atoms with van der Waals surface area (Å²) < 4.78 is 1.49. The van der Waals surface area contributed by atoms with E-state index in [9.17, 15) is 4.79 Å². The largest absolute Gasteiger partial charge is 0.395 e. The third-order valence-electron chi connectivity index (χ3n) is 3.20. The number of anilines is 1. The zero-order valence-electron chi connectivity index (χ0n) is 11.6. The summed E-state index contributed by atoms with van der Waals surface area (Å²) in [5.74, 6) is -0.243. The summed E-state index contributed by atoms with van der Waals surface area (Å²) in [4.78, 5) is 12.3. The molecule has 3 N–H and O–H groups in total. The molecule has 1 aromatic carbocycles. The van der Waals surface area contributed by atoms with Crippen molar-refractivity contribution in [3.63, 3.8) is 0 Å². The molecule has 0 aliphatic rings. The van der Waals surface area contributed by atoms with Crippen LogP contribution in [-0.2, 0) is 7.05 Å². The molecule has 0 radical (unpaired) electrons. The van der Waals surface area contributed by atoms with Crippen molar-refractivity contribution in [1.29, 1.82) is 0 Å². The smallest absolute Gasteiger partial charge is 0.272 e. The Labute approximate surface area is 122 Å². The average molecular weight is 293 g/mol. The maximum Gasteiger partial charge on any atom is 0.272 e. The molecule has 5 nitrogen and oxygen atoms in total. The fraction of sp³-hybridized carbons (Fsp3) is 0.286. The third-order valence-corrected chi connectivity index (χ3v) is 3.45. The van der Waals surface area contributed by atoms with Crippen LogP contribution in [0.3, 0.4) is 0 Å². The van der Waals surface area contributed by atoms with Gasteiger partial charge in [0.05, 0.1) is 17.4 Å². The second kappa shape index (κ2) is 5.54. The quantitative estimate of drug-likeness (QED) is 0.912. The number of nitrogens with zero attached hydrogens (tertiary/aromatic N) is 2. The zero-order chi connectivity index (χ0) is 14.9. The number of hydrogen-bond acceptors (Lipinski definition) is 3. The van der Waals surface area contributed by atoms with Crippen LogP contribution in [0.25, 0.3) is 0 Å². The summed E-state index contributed by atoms with van der Waals surface area (Å²) in [5, 5.41) is 7.71. The number of amides is 1. The van der Waals surface area contributed by atoms with E-state index in [1.807, 2.05) is 19.1 Å². The molecule has 1 heterocycles. The number of nitrogen functional groups attached to an aromatic ring is 1. The Kier molecular flexibility index (Phi) is 3.99. The van der Waals surface area contributed by atoms with Crippen LogP contribution >= 0.6 is 11.6 Å². The van der Waals surface area contributed by atoms with Crippen molar-refractivity contribution in [2.24, 2.45) is 7.05 Å². The minimum atomic E-state index is -0.243. The first kappa shape index (κ1) is 14.4. The first-order valence-corrected chi connectivity index (χ1v) is 6.63. The highest BCUT2D eigenvalue weighted by Crippen LogP contribution is 2.19. The number of hydrogen-bond donors (Lipinski definition) is 2. The first-order valence-electron chi connectivity index (χ1n) is 6.25. The normalized spacial score (nSPS) is 12.2. The van der Waals surface area contributed by atoms with Crippen molar-refractivity contribution in [2.45, 2.75) is 19.9 Å². The van der Waals surface area contributed by atoms with E-state index in [4.69, 9.17) is 17.3 Å². The van der Waals surface area contributed by atoms with Crippen LogP contribution in [0.1, 0.15) is 34.7 Å². The number of halogens is 1. The number of nitrogens with two attached hydrogens (primary N) is 1. The fourth-order valence-electron chi connectivity index (χ4n) is 2.04. The number of carbonyl (C=O) groups excluding carboxylic acids is 1. The van der Waals surface area contributed by atoms with E-state index in [1.54, 1.807) is 26.1 Å². The second-order valence-corrected chi connectivity index (χ2v) is 5.15. The molecular formula is C14H17ClN4O. The molecule has 0 aliphatic heterocycles. The van der Waals surface area contributed by atoms with E-state index in [0.29, 0.717) is 22.1 Å². The highest BCUT2D eigenvalue weighted by Gasteiger charge is 2.19. The maximum absolute atomic E-state index is 12.3. The standard InChI is InChI=1S/C14H17ClN4O/c1-8(10-4-6-11(15)7-5-10)17-14(20)13-12(16)9(2)18-19(13)3/h4-8H,16H2,1-3H3,(H,17,20). The lowest BCUT2D eigenvalue weighted by molar-refractivity contribution is 0.0931. The summed E-state index contributed by atoms with van der Waals surface area (Å²) in [7, 11) is 1.70. The molecule has 2 rings (SSSR count). The Morgan fingerprint density at radius 3 is 2.50 bits per heavy atom. The zero-order valence-corrected chi connectivity index (χ0v) is 12.4. The minimum absolute atomic E-state index is 0.144. The van der Waals surface area contributed by atoms with Crippen molar-refractivity contribution in [2.75, 3.05) is 5.73 Å². The van der Waals surface area contributed by atoms with E-state index in [-0.39, 0.29) is 11.9 Å². The molecule has 1 amide bonds. The molecule has 1 atom stereocenters. The van der Waals surface area contributed by atoms with Gasteiger partial charge in [0.1, 0.15) is 5.69 Å². The van der Waals surface area contributed by atoms with E-state index < -0.39 is 0 Å². The number of aromatic nitrogens is 2. The lowest BCUT2D eigenvalue weighted by Crippen LogP contribution is -2.29. The van der Waals surface area contributed by atoms with E-state index >= 15 is 0 Å². The molecule has 0 aliphatic carbocycles. The maximum atomic E-state index is 12.3. The lowest BCUT2D eigenvalue weighted by Gasteiger charge is -2.14. The fourth-order valence-corrected chi connectivity index (χ4v) is 2.17. The predicted octanol–water partition coefficient (Wildman–Crippen LogP) is 2.46. The molecule has 106 valence electrons. The Morgan fingerprint density at radius 1 is 1.40 bits per heavy atom. The number of rotatable bonds is 3. The average Bonchev–Trinajstić information content (AvgIpc) is 2.63. The van der Waals surface area contributed by atoms with Gasteiger partial charge in [-0.15, -0.1) is 0 Å². The van der Waals surface area contributed by atoms with Crippen molar-refractivity contribution >= 4 is 23.2 Å². The number of aryl methyl sites for hydroxylation is 2. The highest BCUT2D eigenvalue weighted by molar-refractivity contribution is 6.30. The van der Waals surface area contributed by atoms with Crippen LogP contribution in [0.5, 0.6) is 0 Å². The highest BCUT2D eigenvalue weighted by atomic mass is 35.5. The Balaban J connectivity index is 2.17. The van der Waals surface area contributed by atoms with Gasteiger partial charge in [-0.1, -0.05) is 23.7 Å². The van der Waals surface area contributed by atoms with Gasteiger partial charge in [0, 0.05) is 12.1 Å². The molecule has 0 fully saturated rings. The molecule has 1 unspecified atom stereocenters. The lowest BCUT2D eigenvalue weighted by atomic mass is 10.1.